The number of aromatic amines is 1. The van der Waals surface area contributed by atoms with E-state index in [2.05, 4.69) is 10.3 Å². The average molecular weight is 379 g/mol. The van der Waals surface area contributed by atoms with Gasteiger partial charge in [-0.05, 0) is 54.9 Å². The molecule has 1 saturated heterocycles. The summed E-state index contributed by atoms with van der Waals surface area (Å²) in [5.41, 5.74) is 3.96. The largest absolute Gasteiger partial charge is 0.348 e. The van der Waals surface area contributed by atoms with Crippen LogP contribution in [0.15, 0.2) is 35.1 Å². The topological polar surface area (TPSA) is 82.3 Å². The third kappa shape index (κ3) is 4.01. The molecule has 146 valence electrons. The molecule has 0 atom stereocenters. The number of aryl methyl sites for hydroxylation is 2. The van der Waals surface area contributed by atoms with E-state index in [1.165, 1.54) is 0 Å². The number of fused-ring (bicyclic) bond motifs is 1. The van der Waals surface area contributed by atoms with Crippen molar-refractivity contribution in [3.05, 3.63) is 68.6 Å². The van der Waals surface area contributed by atoms with Crippen molar-refractivity contribution in [3.63, 3.8) is 0 Å². The number of carbonyl (C=O) groups is 2. The van der Waals surface area contributed by atoms with Crippen molar-refractivity contribution in [2.75, 3.05) is 6.54 Å². The van der Waals surface area contributed by atoms with E-state index in [1.54, 1.807) is 6.07 Å². The molecule has 1 aromatic heterocycles. The summed E-state index contributed by atoms with van der Waals surface area (Å²) in [6, 6.07) is 9.62. The lowest BCUT2D eigenvalue weighted by atomic mass is 9.95. The Morgan fingerprint density at radius 2 is 1.75 bits per heavy atom. The molecule has 2 amide bonds. The summed E-state index contributed by atoms with van der Waals surface area (Å²) in [5.74, 6) is -0.132. The molecule has 0 unspecified atom stereocenters. The van der Waals surface area contributed by atoms with Gasteiger partial charge in [0.05, 0.1) is 0 Å². The molecule has 0 bridgehead atoms. The number of benzene rings is 1. The number of hydrogen-bond acceptors (Lipinski definition) is 3. The van der Waals surface area contributed by atoms with Crippen molar-refractivity contribution in [1.29, 1.82) is 0 Å². The number of likely N-dealkylation sites (tertiary alicyclic amines) is 1. The summed E-state index contributed by atoms with van der Waals surface area (Å²) >= 11 is 0. The Morgan fingerprint density at radius 1 is 1.00 bits per heavy atom. The summed E-state index contributed by atoms with van der Waals surface area (Å²) in [6.45, 7) is 1.82. The normalized spacial score (nSPS) is 16.1. The zero-order valence-electron chi connectivity index (χ0n) is 15.9. The van der Waals surface area contributed by atoms with Crippen molar-refractivity contribution < 1.29 is 9.59 Å². The lowest BCUT2D eigenvalue weighted by Crippen LogP contribution is -2.30. The summed E-state index contributed by atoms with van der Waals surface area (Å²) in [4.78, 5) is 41.2. The van der Waals surface area contributed by atoms with Gasteiger partial charge >= 0.3 is 0 Å². The first-order valence-corrected chi connectivity index (χ1v) is 9.99. The van der Waals surface area contributed by atoms with Crippen LogP contribution in [0.2, 0.25) is 0 Å². The standard InChI is InChI=1S/C22H25N3O3/c26-20-6-3-11-25(20)14-16-9-7-15(8-10-16)13-23-21(27)18-12-17-4-1-2-5-19(17)24-22(18)28/h7-10,12H,1-6,11,13-14H2,(H,23,27)(H,24,28). The Kier molecular flexibility index (Phi) is 5.28. The molecule has 0 radical (unpaired) electrons. The molecular formula is C22H25N3O3. The number of H-pyrrole nitrogens is 1. The monoisotopic (exact) mass is 379 g/mol. The maximum absolute atomic E-state index is 12.5. The van der Waals surface area contributed by atoms with Gasteiger partial charge in [0.15, 0.2) is 0 Å². The summed E-state index contributed by atoms with van der Waals surface area (Å²) in [7, 11) is 0. The number of amides is 2. The molecule has 1 aromatic carbocycles. The Bertz CT molecular complexity index is 946. The van der Waals surface area contributed by atoms with Gasteiger partial charge in [-0.1, -0.05) is 24.3 Å². The van der Waals surface area contributed by atoms with Crippen molar-refractivity contribution in [2.24, 2.45) is 0 Å². The van der Waals surface area contributed by atoms with Crippen molar-refractivity contribution in [2.45, 2.75) is 51.6 Å². The fraction of sp³-hybridized carbons (Fsp3) is 0.409. The highest BCUT2D eigenvalue weighted by atomic mass is 16.2. The Balaban J connectivity index is 1.37. The van der Waals surface area contributed by atoms with Gasteiger partial charge in [-0.15, -0.1) is 0 Å². The molecular weight excluding hydrogens is 354 g/mol. The van der Waals surface area contributed by atoms with E-state index in [9.17, 15) is 14.4 Å². The van der Waals surface area contributed by atoms with E-state index in [-0.39, 0.29) is 22.9 Å². The van der Waals surface area contributed by atoms with Crippen LogP contribution in [0, 0.1) is 0 Å². The summed E-state index contributed by atoms with van der Waals surface area (Å²) < 4.78 is 0. The van der Waals surface area contributed by atoms with E-state index in [0.717, 1.165) is 61.0 Å². The smallest absolute Gasteiger partial charge is 0.261 e. The Morgan fingerprint density at radius 3 is 2.50 bits per heavy atom. The number of nitrogens with one attached hydrogen (secondary N) is 2. The molecule has 0 saturated carbocycles. The molecule has 1 aliphatic heterocycles. The van der Waals surface area contributed by atoms with E-state index in [1.807, 2.05) is 29.2 Å². The number of rotatable bonds is 5. The number of hydrogen-bond donors (Lipinski definition) is 2. The molecule has 0 spiro atoms. The van der Waals surface area contributed by atoms with Gasteiger partial charge in [-0.2, -0.15) is 0 Å². The first kappa shape index (κ1) is 18.5. The molecule has 1 aliphatic carbocycles. The minimum absolute atomic E-state index is 0.185. The number of carbonyl (C=O) groups excluding carboxylic acids is 2. The summed E-state index contributed by atoms with van der Waals surface area (Å²) in [6.07, 6.45) is 5.54. The highest BCUT2D eigenvalue weighted by Gasteiger charge is 2.20. The van der Waals surface area contributed by atoms with Crippen LogP contribution in [0.5, 0.6) is 0 Å². The minimum Gasteiger partial charge on any atom is -0.348 e. The van der Waals surface area contributed by atoms with E-state index < -0.39 is 0 Å². The molecule has 6 heteroatoms. The van der Waals surface area contributed by atoms with Crippen LogP contribution in [0.4, 0.5) is 0 Å². The molecule has 2 N–H and O–H groups in total. The van der Waals surface area contributed by atoms with Crippen LogP contribution >= 0.6 is 0 Å². The predicted octanol–water partition coefficient (Wildman–Crippen LogP) is 2.31. The van der Waals surface area contributed by atoms with Gasteiger partial charge in [-0.25, -0.2) is 0 Å². The Hall–Kier alpha value is -2.89. The zero-order chi connectivity index (χ0) is 19.5. The Labute approximate surface area is 164 Å². The van der Waals surface area contributed by atoms with Gasteiger partial charge in [0.25, 0.3) is 11.5 Å². The molecule has 1 fully saturated rings. The van der Waals surface area contributed by atoms with E-state index in [4.69, 9.17) is 0 Å². The lowest BCUT2D eigenvalue weighted by Gasteiger charge is -2.16. The maximum atomic E-state index is 12.5. The van der Waals surface area contributed by atoms with Crippen LogP contribution < -0.4 is 10.9 Å². The lowest BCUT2D eigenvalue weighted by molar-refractivity contribution is -0.128. The predicted molar refractivity (Wildman–Crippen MR) is 106 cm³/mol. The zero-order valence-corrected chi connectivity index (χ0v) is 15.9. The number of pyridine rings is 1. The number of aromatic nitrogens is 1. The first-order chi connectivity index (χ1) is 13.6. The van der Waals surface area contributed by atoms with Crippen LogP contribution in [0.1, 0.15) is 58.4 Å². The molecule has 6 nitrogen and oxygen atoms in total. The number of nitrogens with zero attached hydrogens (tertiary/aromatic N) is 1. The molecule has 2 aliphatic rings. The van der Waals surface area contributed by atoms with Crippen molar-refractivity contribution >= 4 is 11.8 Å². The van der Waals surface area contributed by atoms with Gasteiger partial charge in [0, 0.05) is 31.7 Å². The third-order valence-corrected chi connectivity index (χ3v) is 5.60. The first-order valence-electron chi connectivity index (χ1n) is 9.99. The van der Waals surface area contributed by atoms with Crippen molar-refractivity contribution in [1.82, 2.24) is 15.2 Å². The SMILES string of the molecule is O=C(NCc1ccc(CN2CCCC2=O)cc1)c1cc2c([nH]c1=O)CCCC2. The van der Waals surface area contributed by atoms with E-state index >= 15 is 0 Å². The van der Waals surface area contributed by atoms with Crippen LogP contribution in [-0.4, -0.2) is 28.2 Å². The highest BCUT2D eigenvalue weighted by molar-refractivity contribution is 5.94. The molecule has 2 heterocycles. The quantitative estimate of drug-likeness (QED) is 0.836. The highest BCUT2D eigenvalue weighted by Crippen LogP contribution is 2.18. The second kappa shape index (κ2) is 8.00. The van der Waals surface area contributed by atoms with Crippen LogP contribution in [0.3, 0.4) is 0 Å². The van der Waals surface area contributed by atoms with E-state index in [0.29, 0.717) is 19.5 Å². The average Bonchev–Trinajstić information content (AvgIpc) is 3.11. The molecule has 28 heavy (non-hydrogen) atoms. The van der Waals surface area contributed by atoms with Crippen molar-refractivity contribution in [3.8, 4) is 0 Å². The van der Waals surface area contributed by atoms with Gasteiger partial charge in [0.1, 0.15) is 5.56 Å². The fourth-order valence-electron chi connectivity index (χ4n) is 3.98. The van der Waals surface area contributed by atoms with Gasteiger partial charge < -0.3 is 15.2 Å². The second-order valence-electron chi connectivity index (χ2n) is 7.64. The third-order valence-electron chi connectivity index (χ3n) is 5.60. The summed E-state index contributed by atoms with van der Waals surface area (Å²) in [5, 5.41) is 2.84. The van der Waals surface area contributed by atoms with Crippen LogP contribution in [0.25, 0.3) is 0 Å². The second-order valence-corrected chi connectivity index (χ2v) is 7.64. The molecule has 4 rings (SSSR count). The maximum Gasteiger partial charge on any atom is 0.261 e. The van der Waals surface area contributed by atoms with Crippen LogP contribution in [-0.2, 0) is 30.7 Å². The fourth-order valence-corrected chi connectivity index (χ4v) is 3.98. The minimum atomic E-state index is -0.346. The van der Waals surface area contributed by atoms with Gasteiger partial charge in [0.2, 0.25) is 5.91 Å². The molecule has 2 aromatic rings. The van der Waals surface area contributed by atoms with Gasteiger partial charge in [-0.3, -0.25) is 14.4 Å².